The second-order valence-corrected chi connectivity index (χ2v) is 9.68. The highest BCUT2D eigenvalue weighted by atomic mass is 32.1. The number of esters is 1. The van der Waals surface area contributed by atoms with Crippen molar-refractivity contribution in [2.75, 3.05) is 33.4 Å². The first-order chi connectivity index (χ1) is 17.5. The van der Waals surface area contributed by atoms with E-state index in [1.165, 1.54) is 10.8 Å². The Hall–Kier alpha value is -2.01. The number of hydrogen-bond donors (Lipinski definition) is 1. The summed E-state index contributed by atoms with van der Waals surface area (Å²) < 4.78 is 35.6. The first kappa shape index (κ1) is 28.6. The molecule has 8 nitrogen and oxygen atoms in total. The first-order valence-corrected chi connectivity index (χ1v) is 13.5. The van der Waals surface area contributed by atoms with Gasteiger partial charge in [0.1, 0.15) is 32.1 Å². The minimum absolute atomic E-state index is 0.00360. The lowest BCUT2D eigenvalue weighted by molar-refractivity contribution is -0.195. The SMILES string of the molecule is CCCOCO[C@@H]1C(OCc2ccc3sccc3c2)=C[C@@](O)(C(=O)OCCC)C[C@H]1OCOCCC. The molecule has 1 heterocycles. The zero-order valence-corrected chi connectivity index (χ0v) is 22.2. The van der Waals surface area contributed by atoms with Crippen molar-refractivity contribution in [3.05, 3.63) is 47.0 Å². The Morgan fingerprint density at radius 1 is 1.03 bits per heavy atom. The van der Waals surface area contributed by atoms with Gasteiger partial charge in [0.05, 0.1) is 12.7 Å². The average molecular weight is 523 g/mol. The van der Waals surface area contributed by atoms with Gasteiger partial charge in [-0.3, -0.25) is 0 Å². The molecule has 0 saturated heterocycles. The molecule has 0 radical (unpaired) electrons. The minimum Gasteiger partial charge on any atom is -0.491 e. The van der Waals surface area contributed by atoms with Crippen LogP contribution in [0.2, 0.25) is 0 Å². The summed E-state index contributed by atoms with van der Waals surface area (Å²) in [7, 11) is 0. The van der Waals surface area contributed by atoms with E-state index in [4.69, 9.17) is 28.4 Å². The molecule has 0 spiro atoms. The smallest absolute Gasteiger partial charge is 0.342 e. The summed E-state index contributed by atoms with van der Waals surface area (Å²) in [6, 6.07) is 8.17. The number of rotatable bonds is 16. The molecule has 1 aliphatic carbocycles. The molecule has 3 atom stereocenters. The summed E-state index contributed by atoms with van der Waals surface area (Å²) in [4.78, 5) is 12.8. The second-order valence-electron chi connectivity index (χ2n) is 8.74. The maximum absolute atomic E-state index is 12.8. The molecule has 0 aliphatic heterocycles. The number of fused-ring (bicyclic) bond motifs is 1. The van der Waals surface area contributed by atoms with E-state index < -0.39 is 23.8 Å². The topological polar surface area (TPSA) is 92.7 Å². The van der Waals surface area contributed by atoms with Crippen molar-refractivity contribution in [1.29, 1.82) is 0 Å². The predicted octanol–water partition coefficient (Wildman–Crippen LogP) is 4.93. The maximum Gasteiger partial charge on any atom is 0.342 e. The van der Waals surface area contributed by atoms with Gasteiger partial charge in [-0.05, 0) is 59.9 Å². The van der Waals surface area contributed by atoms with E-state index in [9.17, 15) is 9.90 Å². The van der Waals surface area contributed by atoms with Crippen LogP contribution in [0.25, 0.3) is 10.1 Å². The van der Waals surface area contributed by atoms with Crippen LogP contribution in [-0.2, 0) is 39.8 Å². The fourth-order valence-corrected chi connectivity index (χ4v) is 4.60. The van der Waals surface area contributed by atoms with Crippen molar-refractivity contribution >= 4 is 27.4 Å². The number of benzene rings is 1. The monoisotopic (exact) mass is 522 g/mol. The molecule has 0 amide bonds. The van der Waals surface area contributed by atoms with Gasteiger partial charge in [-0.25, -0.2) is 4.79 Å². The molecule has 0 bridgehead atoms. The number of carbonyl (C=O) groups is 1. The lowest BCUT2D eigenvalue weighted by Crippen LogP contribution is -2.51. The Balaban J connectivity index is 1.83. The van der Waals surface area contributed by atoms with Gasteiger partial charge in [0.15, 0.2) is 5.60 Å². The van der Waals surface area contributed by atoms with Crippen molar-refractivity contribution in [3.8, 4) is 0 Å². The van der Waals surface area contributed by atoms with Gasteiger partial charge in [-0.1, -0.05) is 26.8 Å². The number of aliphatic hydroxyl groups is 1. The second kappa shape index (κ2) is 14.7. The highest BCUT2D eigenvalue weighted by Gasteiger charge is 2.48. The van der Waals surface area contributed by atoms with Crippen LogP contribution in [0.15, 0.2) is 41.5 Å². The lowest BCUT2D eigenvalue weighted by atomic mass is 9.86. The third-order valence-electron chi connectivity index (χ3n) is 5.62. The molecule has 1 aromatic carbocycles. The normalized spacial score (nSPS) is 21.9. The van der Waals surface area contributed by atoms with E-state index >= 15 is 0 Å². The predicted molar refractivity (Wildman–Crippen MR) is 137 cm³/mol. The molecule has 0 fully saturated rings. The Morgan fingerprint density at radius 3 is 2.47 bits per heavy atom. The van der Waals surface area contributed by atoms with Crippen molar-refractivity contribution in [1.82, 2.24) is 0 Å². The van der Waals surface area contributed by atoms with Gasteiger partial charge in [0.2, 0.25) is 0 Å². The summed E-state index contributed by atoms with van der Waals surface area (Å²) in [6.07, 6.45) is 2.26. The van der Waals surface area contributed by atoms with Crippen LogP contribution in [0.5, 0.6) is 0 Å². The van der Waals surface area contributed by atoms with E-state index in [0.29, 0.717) is 25.4 Å². The number of carbonyl (C=O) groups excluding carboxylic acids is 1. The van der Waals surface area contributed by atoms with E-state index in [1.807, 2.05) is 32.2 Å². The lowest BCUT2D eigenvalue weighted by Gasteiger charge is -2.38. The minimum atomic E-state index is -1.92. The third kappa shape index (κ3) is 7.99. The van der Waals surface area contributed by atoms with Gasteiger partial charge >= 0.3 is 5.97 Å². The standard InChI is InChI=1S/C27H38O8S/c1-4-10-30-18-34-23-16-27(29,26(28)32-12-6-3)15-22(25(23)35-19-31-11-5-2)33-17-20-7-8-24-21(14-20)9-13-36-24/h7-9,13-15,23,25,29H,4-6,10-12,16-19H2,1-3H3/t23-,25-,27+/m1/s1. The van der Waals surface area contributed by atoms with Crippen LogP contribution >= 0.6 is 11.3 Å². The summed E-state index contributed by atoms with van der Waals surface area (Å²) >= 11 is 1.68. The quantitative estimate of drug-likeness (QED) is 0.189. The fraction of sp³-hybridized carbons (Fsp3) is 0.593. The molecule has 2 aromatic rings. The van der Waals surface area contributed by atoms with Crippen LogP contribution in [0.4, 0.5) is 0 Å². The molecular formula is C27H38O8S. The Morgan fingerprint density at radius 2 is 1.75 bits per heavy atom. The van der Waals surface area contributed by atoms with Crippen LogP contribution < -0.4 is 0 Å². The zero-order valence-electron chi connectivity index (χ0n) is 21.4. The van der Waals surface area contributed by atoms with Crippen LogP contribution in [0.3, 0.4) is 0 Å². The van der Waals surface area contributed by atoms with Gasteiger partial charge < -0.3 is 33.5 Å². The molecule has 36 heavy (non-hydrogen) atoms. The van der Waals surface area contributed by atoms with E-state index in [1.54, 1.807) is 11.3 Å². The molecule has 1 N–H and O–H groups in total. The van der Waals surface area contributed by atoms with Crippen molar-refractivity contribution in [2.45, 2.75) is 70.9 Å². The summed E-state index contributed by atoms with van der Waals surface area (Å²) in [5.74, 6) is -0.447. The molecule has 0 saturated carbocycles. The highest BCUT2D eigenvalue weighted by Crippen LogP contribution is 2.34. The third-order valence-corrected chi connectivity index (χ3v) is 6.52. The molecular weight excluding hydrogens is 484 g/mol. The molecule has 200 valence electrons. The number of thiophene rings is 1. The van der Waals surface area contributed by atoms with Crippen molar-refractivity contribution in [2.24, 2.45) is 0 Å². The Labute approximate surface area is 217 Å². The summed E-state index contributed by atoms with van der Waals surface area (Å²) in [6.45, 7) is 7.44. The average Bonchev–Trinajstić information content (AvgIpc) is 3.35. The van der Waals surface area contributed by atoms with Crippen molar-refractivity contribution < 1.29 is 38.3 Å². The largest absolute Gasteiger partial charge is 0.491 e. The fourth-order valence-electron chi connectivity index (χ4n) is 3.83. The number of ether oxygens (including phenoxy) is 6. The van der Waals surface area contributed by atoms with Gasteiger partial charge in [0.25, 0.3) is 0 Å². The van der Waals surface area contributed by atoms with E-state index in [-0.39, 0.29) is 33.2 Å². The Kier molecular flexibility index (Phi) is 11.6. The number of hydrogen-bond acceptors (Lipinski definition) is 9. The molecule has 0 unspecified atom stereocenters. The van der Waals surface area contributed by atoms with Crippen LogP contribution in [-0.4, -0.2) is 62.3 Å². The van der Waals surface area contributed by atoms with Gasteiger partial charge in [0, 0.05) is 24.3 Å². The van der Waals surface area contributed by atoms with Crippen LogP contribution in [0, 0.1) is 0 Å². The molecule has 1 aromatic heterocycles. The maximum atomic E-state index is 12.8. The van der Waals surface area contributed by atoms with Gasteiger partial charge in [-0.15, -0.1) is 11.3 Å². The Bertz CT molecular complexity index is 974. The van der Waals surface area contributed by atoms with Gasteiger partial charge in [-0.2, -0.15) is 0 Å². The molecule has 3 rings (SSSR count). The summed E-state index contributed by atoms with van der Waals surface area (Å²) in [5.41, 5.74) is -0.962. The van der Waals surface area contributed by atoms with Crippen LogP contribution in [0.1, 0.15) is 52.0 Å². The van der Waals surface area contributed by atoms with E-state index in [2.05, 4.69) is 18.2 Å². The van der Waals surface area contributed by atoms with Crippen molar-refractivity contribution in [3.63, 3.8) is 0 Å². The molecule has 9 heteroatoms. The molecule has 1 aliphatic rings. The highest BCUT2D eigenvalue weighted by molar-refractivity contribution is 7.17. The summed E-state index contributed by atoms with van der Waals surface area (Å²) in [5, 5.41) is 14.5. The zero-order chi connectivity index (χ0) is 25.8. The van der Waals surface area contributed by atoms with E-state index in [0.717, 1.165) is 23.8 Å². The first-order valence-electron chi connectivity index (χ1n) is 12.6.